The molecule has 5 rings (SSSR count). The lowest BCUT2D eigenvalue weighted by Gasteiger charge is -2.54. The maximum absolute atomic E-state index is 12.7. The second-order valence-corrected chi connectivity index (χ2v) is 9.26. The molecule has 1 saturated heterocycles. The first-order chi connectivity index (χ1) is 13.9. The van der Waals surface area contributed by atoms with E-state index in [9.17, 15) is 15.0 Å². The predicted octanol–water partition coefficient (Wildman–Crippen LogP) is 3.10. The number of rotatable bonds is 4. The standard InChI is InChI=1S/C23H28N2O4/c1-14-19-12-16-5-6-17(22(28)29-25-20(26)7-8-21(25)27)11-18(16)23(14,2)9-10-24(19)13-15-3-4-15/h5-8,11,14-15,19,26-27H,3-4,9-10,12-13H2,1-2H3/t14-,19?,23-/m0/s1. The fourth-order valence-electron chi connectivity index (χ4n) is 5.32. The van der Waals surface area contributed by atoms with Crippen molar-refractivity contribution in [1.82, 2.24) is 9.63 Å². The molecule has 29 heavy (non-hydrogen) atoms. The highest BCUT2D eigenvalue weighted by Crippen LogP contribution is 2.49. The van der Waals surface area contributed by atoms with Crippen molar-refractivity contribution >= 4 is 5.97 Å². The van der Waals surface area contributed by atoms with E-state index in [0.29, 0.717) is 17.5 Å². The lowest BCUT2D eigenvalue weighted by molar-refractivity contribution is 0.0280. The Morgan fingerprint density at radius 1 is 1.21 bits per heavy atom. The normalized spacial score (nSPS) is 28.8. The zero-order valence-electron chi connectivity index (χ0n) is 17.0. The maximum Gasteiger partial charge on any atom is 0.363 e. The van der Waals surface area contributed by atoms with Crippen LogP contribution in [-0.4, -0.2) is 44.9 Å². The smallest absolute Gasteiger partial charge is 0.363 e. The lowest BCUT2D eigenvalue weighted by atomic mass is 9.59. The van der Waals surface area contributed by atoms with Gasteiger partial charge >= 0.3 is 5.97 Å². The molecule has 0 radical (unpaired) electrons. The molecule has 2 fully saturated rings. The summed E-state index contributed by atoms with van der Waals surface area (Å²) < 4.78 is 0.735. The van der Waals surface area contributed by atoms with E-state index in [4.69, 9.17) is 4.84 Å². The molecule has 6 nitrogen and oxygen atoms in total. The van der Waals surface area contributed by atoms with Crippen LogP contribution in [-0.2, 0) is 11.8 Å². The van der Waals surface area contributed by atoms with Gasteiger partial charge in [0.15, 0.2) is 0 Å². The highest BCUT2D eigenvalue weighted by Gasteiger charge is 2.49. The summed E-state index contributed by atoms with van der Waals surface area (Å²) in [5, 5.41) is 19.4. The van der Waals surface area contributed by atoms with Crippen LogP contribution in [0.4, 0.5) is 0 Å². The number of fused-ring (bicyclic) bond motifs is 4. The Morgan fingerprint density at radius 3 is 2.62 bits per heavy atom. The third-order valence-electron chi connectivity index (χ3n) is 7.52. The summed E-state index contributed by atoms with van der Waals surface area (Å²) in [6, 6.07) is 8.91. The highest BCUT2D eigenvalue weighted by molar-refractivity contribution is 5.90. The van der Waals surface area contributed by atoms with Crippen LogP contribution < -0.4 is 4.84 Å². The molecule has 6 heteroatoms. The van der Waals surface area contributed by atoms with Gasteiger partial charge in [-0.05, 0) is 72.7 Å². The van der Waals surface area contributed by atoms with Crippen molar-refractivity contribution in [3.63, 3.8) is 0 Å². The molecule has 2 aromatic rings. The van der Waals surface area contributed by atoms with Crippen molar-refractivity contribution in [2.24, 2.45) is 11.8 Å². The molecule has 1 aromatic carbocycles. The predicted molar refractivity (Wildman–Crippen MR) is 108 cm³/mol. The largest absolute Gasteiger partial charge is 0.492 e. The zero-order chi connectivity index (χ0) is 20.3. The van der Waals surface area contributed by atoms with Gasteiger partial charge in [-0.3, -0.25) is 4.90 Å². The SMILES string of the molecule is C[C@H]1C2Cc3ccc(C(=O)On4c(O)ccc4O)cc3[C@@]1(C)CCN2CC1CC1. The number of carbonyl (C=O) groups is 1. The molecule has 0 amide bonds. The molecule has 1 aliphatic heterocycles. The molecule has 2 aliphatic carbocycles. The Hall–Kier alpha value is -2.47. The molecular weight excluding hydrogens is 368 g/mol. The number of benzene rings is 1. The van der Waals surface area contributed by atoms with Gasteiger partial charge in [0.05, 0.1) is 5.56 Å². The van der Waals surface area contributed by atoms with Crippen LogP contribution in [0.2, 0.25) is 0 Å². The number of hydrogen-bond donors (Lipinski definition) is 2. The van der Waals surface area contributed by atoms with Gasteiger partial charge in [-0.25, -0.2) is 4.79 Å². The van der Waals surface area contributed by atoms with E-state index in [0.717, 1.165) is 30.0 Å². The first-order valence-corrected chi connectivity index (χ1v) is 10.6. The third-order valence-corrected chi connectivity index (χ3v) is 7.52. The van der Waals surface area contributed by atoms with Gasteiger partial charge in [-0.15, -0.1) is 4.73 Å². The van der Waals surface area contributed by atoms with Gasteiger partial charge < -0.3 is 15.1 Å². The van der Waals surface area contributed by atoms with E-state index in [-0.39, 0.29) is 17.2 Å². The van der Waals surface area contributed by atoms with Crippen molar-refractivity contribution in [2.45, 2.75) is 51.0 Å². The van der Waals surface area contributed by atoms with Gasteiger partial charge in [0.2, 0.25) is 11.8 Å². The number of hydrogen-bond acceptors (Lipinski definition) is 5. The van der Waals surface area contributed by atoms with Crippen LogP contribution in [0.1, 0.15) is 54.6 Å². The number of carbonyl (C=O) groups excluding carboxylic acids is 1. The number of aromatic hydroxyl groups is 2. The van der Waals surface area contributed by atoms with Crippen LogP contribution >= 0.6 is 0 Å². The van der Waals surface area contributed by atoms with Crippen molar-refractivity contribution in [3.8, 4) is 11.8 Å². The second kappa shape index (κ2) is 6.52. The Balaban J connectivity index is 1.43. The highest BCUT2D eigenvalue weighted by atomic mass is 16.7. The quantitative estimate of drug-likeness (QED) is 0.831. The van der Waals surface area contributed by atoms with Crippen LogP contribution in [0.25, 0.3) is 0 Å². The summed E-state index contributed by atoms with van der Waals surface area (Å²) in [6.07, 6.45) is 4.86. The van der Waals surface area contributed by atoms with Crippen molar-refractivity contribution < 1.29 is 19.8 Å². The molecule has 3 aliphatic rings. The van der Waals surface area contributed by atoms with Gasteiger partial charge in [0, 0.05) is 24.7 Å². The summed E-state index contributed by atoms with van der Waals surface area (Å²) in [6.45, 7) is 7.03. The summed E-state index contributed by atoms with van der Waals surface area (Å²) >= 11 is 0. The molecule has 1 aromatic heterocycles. The molecule has 3 atom stereocenters. The van der Waals surface area contributed by atoms with E-state index in [1.54, 1.807) is 6.07 Å². The van der Waals surface area contributed by atoms with Crippen LogP contribution in [0.15, 0.2) is 30.3 Å². The first-order valence-electron chi connectivity index (χ1n) is 10.6. The van der Waals surface area contributed by atoms with Gasteiger partial charge in [0.1, 0.15) is 0 Å². The molecule has 2 bridgehead atoms. The van der Waals surface area contributed by atoms with E-state index >= 15 is 0 Å². The molecule has 1 saturated carbocycles. The van der Waals surface area contributed by atoms with Gasteiger partial charge in [-0.1, -0.05) is 19.9 Å². The zero-order valence-corrected chi connectivity index (χ0v) is 17.0. The van der Waals surface area contributed by atoms with Crippen molar-refractivity contribution in [3.05, 3.63) is 47.0 Å². The Labute approximate surface area is 170 Å². The van der Waals surface area contributed by atoms with E-state index < -0.39 is 5.97 Å². The fourth-order valence-corrected chi connectivity index (χ4v) is 5.32. The second-order valence-electron chi connectivity index (χ2n) is 9.26. The summed E-state index contributed by atoms with van der Waals surface area (Å²) in [5.74, 6) is 0.178. The van der Waals surface area contributed by atoms with Crippen LogP contribution in [0, 0.1) is 11.8 Å². The summed E-state index contributed by atoms with van der Waals surface area (Å²) in [4.78, 5) is 20.6. The van der Waals surface area contributed by atoms with Gasteiger partial charge in [0.25, 0.3) is 0 Å². The monoisotopic (exact) mass is 396 g/mol. The minimum atomic E-state index is -0.598. The van der Waals surface area contributed by atoms with Crippen LogP contribution in [0.3, 0.4) is 0 Å². The molecule has 0 spiro atoms. The maximum atomic E-state index is 12.7. The topological polar surface area (TPSA) is 74.9 Å². The number of likely N-dealkylation sites (tertiary alicyclic amines) is 1. The average molecular weight is 396 g/mol. The number of aromatic nitrogens is 1. The van der Waals surface area contributed by atoms with Crippen molar-refractivity contribution in [1.29, 1.82) is 0 Å². The number of piperidine rings is 1. The Kier molecular flexibility index (Phi) is 4.17. The molecule has 2 N–H and O–H groups in total. The number of nitrogens with zero attached hydrogens (tertiary/aromatic N) is 2. The molecule has 1 unspecified atom stereocenters. The minimum absolute atomic E-state index is 0.0340. The Bertz CT molecular complexity index is 944. The Morgan fingerprint density at radius 2 is 1.93 bits per heavy atom. The summed E-state index contributed by atoms with van der Waals surface area (Å²) in [7, 11) is 0. The van der Waals surface area contributed by atoms with Crippen LogP contribution in [0.5, 0.6) is 11.8 Å². The van der Waals surface area contributed by atoms with Crippen molar-refractivity contribution in [2.75, 3.05) is 13.1 Å². The average Bonchev–Trinajstić information content (AvgIpc) is 3.47. The fraction of sp³-hybridized carbons (Fsp3) is 0.522. The molecule has 154 valence electrons. The molecular formula is C23H28N2O4. The van der Waals surface area contributed by atoms with Gasteiger partial charge in [-0.2, -0.15) is 0 Å². The lowest BCUT2D eigenvalue weighted by Crippen LogP contribution is -2.58. The third kappa shape index (κ3) is 3.01. The summed E-state index contributed by atoms with van der Waals surface area (Å²) in [5.41, 5.74) is 3.03. The van der Waals surface area contributed by atoms with E-state index in [2.05, 4.69) is 24.8 Å². The molecule has 2 heterocycles. The van der Waals surface area contributed by atoms with E-state index in [1.807, 2.05) is 6.07 Å². The minimum Gasteiger partial charge on any atom is -0.492 e. The van der Waals surface area contributed by atoms with E-state index in [1.165, 1.54) is 42.6 Å². The first kappa shape index (κ1) is 18.6.